The summed E-state index contributed by atoms with van der Waals surface area (Å²) >= 11 is 0. The molecule has 1 aliphatic carbocycles. The number of unbranched alkanes of at least 4 members (excludes halogenated alkanes) is 6. The molecule has 0 atom stereocenters. The Bertz CT molecular complexity index is 2300. The van der Waals surface area contributed by atoms with E-state index in [9.17, 15) is 9.59 Å². The van der Waals surface area contributed by atoms with Crippen molar-refractivity contribution < 1.29 is 9.59 Å². The Morgan fingerprint density at radius 3 is 1.68 bits per heavy atom. The lowest BCUT2D eigenvalue weighted by Crippen LogP contribution is -2.37. The molecule has 0 saturated heterocycles. The summed E-state index contributed by atoms with van der Waals surface area (Å²) < 4.78 is 0. The molecule has 0 radical (unpaired) electrons. The van der Waals surface area contributed by atoms with Gasteiger partial charge in [-0.05, 0) is 91.9 Å². The molecule has 0 spiro atoms. The first kappa shape index (κ1) is 40.4. The first-order chi connectivity index (χ1) is 29.6. The van der Waals surface area contributed by atoms with Crippen molar-refractivity contribution in [2.75, 3.05) is 29.4 Å². The summed E-state index contributed by atoms with van der Waals surface area (Å²) in [7, 11) is 0. The summed E-state index contributed by atoms with van der Waals surface area (Å²) in [6.45, 7) is 5.97. The zero-order valence-corrected chi connectivity index (χ0v) is 35.0. The summed E-state index contributed by atoms with van der Waals surface area (Å²) in [4.78, 5) is 43.2. The minimum atomic E-state index is -0.101. The number of benzene rings is 3. The van der Waals surface area contributed by atoms with E-state index in [1.54, 1.807) is 0 Å². The average Bonchev–Trinajstić information content (AvgIpc) is 3.75. The highest BCUT2D eigenvalue weighted by Gasteiger charge is 2.49. The predicted molar refractivity (Wildman–Crippen MR) is 244 cm³/mol. The van der Waals surface area contributed by atoms with Crippen LogP contribution in [0.3, 0.4) is 0 Å². The largest absolute Gasteiger partial charge is 0.367 e. The van der Waals surface area contributed by atoms with E-state index in [4.69, 9.17) is 4.98 Å². The summed E-state index contributed by atoms with van der Waals surface area (Å²) in [5, 5.41) is 3.72. The summed E-state index contributed by atoms with van der Waals surface area (Å²) in [5.41, 5.74) is 8.41. The number of nitrogens with one attached hydrogen (secondary N) is 1. The van der Waals surface area contributed by atoms with Gasteiger partial charge in [-0.25, -0.2) is 4.98 Å². The second-order valence-corrected chi connectivity index (χ2v) is 15.8. The first-order valence-corrected chi connectivity index (χ1v) is 21.9. The van der Waals surface area contributed by atoms with Gasteiger partial charge in [0.1, 0.15) is 11.6 Å². The molecule has 8 nitrogen and oxygen atoms in total. The molecule has 0 bridgehead atoms. The topological polar surface area (TPSA) is 72.0 Å². The maximum atomic E-state index is 15.0. The molecule has 60 heavy (non-hydrogen) atoms. The van der Waals surface area contributed by atoms with Crippen molar-refractivity contribution in [3.63, 3.8) is 0 Å². The highest BCUT2D eigenvalue weighted by Crippen LogP contribution is 2.46. The lowest BCUT2D eigenvalue weighted by atomic mass is 10.0. The summed E-state index contributed by atoms with van der Waals surface area (Å²) in [6, 6.07) is 34.9. The van der Waals surface area contributed by atoms with Gasteiger partial charge in [-0.1, -0.05) is 125 Å². The molecule has 0 fully saturated rings. The molecular weight excluding hydrogens is 741 g/mol. The monoisotopic (exact) mass is 796 g/mol. The fourth-order valence-electron chi connectivity index (χ4n) is 8.69. The van der Waals surface area contributed by atoms with E-state index in [0.717, 1.165) is 110 Å². The van der Waals surface area contributed by atoms with Crippen LogP contribution in [0.4, 0.5) is 22.9 Å². The van der Waals surface area contributed by atoms with Gasteiger partial charge in [0.2, 0.25) is 0 Å². The summed E-state index contributed by atoms with van der Waals surface area (Å²) in [5.74, 6) is 1.51. The van der Waals surface area contributed by atoms with Crippen molar-refractivity contribution >= 4 is 40.4 Å². The van der Waals surface area contributed by atoms with Gasteiger partial charge in [0.15, 0.2) is 0 Å². The van der Waals surface area contributed by atoms with Crippen molar-refractivity contribution in [3.8, 4) is 0 Å². The van der Waals surface area contributed by atoms with Crippen LogP contribution in [-0.2, 0) is 9.59 Å². The van der Waals surface area contributed by atoms with E-state index in [-0.39, 0.29) is 11.8 Å². The van der Waals surface area contributed by atoms with Crippen molar-refractivity contribution in [1.29, 1.82) is 0 Å². The van der Waals surface area contributed by atoms with E-state index in [0.29, 0.717) is 36.5 Å². The van der Waals surface area contributed by atoms with Crippen LogP contribution in [0.2, 0.25) is 0 Å². The van der Waals surface area contributed by atoms with E-state index in [2.05, 4.69) is 108 Å². The van der Waals surface area contributed by atoms with Gasteiger partial charge >= 0.3 is 0 Å². The van der Waals surface area contributed by atoms with Gasteiger partial charge in [-0.3, -0.25) is 14.5 Å². The van der Waals surface area contributed by atoms with E-state index in [1.165, 1.54) is 5.70 Å². The van der Waals surface area contributed by atoms with Crippen LogP contribution in [0.1, 0.15) is 83.6 Å². The number of nitrogens with zero attached hydrogens (tertiary/aromatic N) is 5. The number of aromatic nitrogens is 1. The number of anilines is 4. The SMILES string of the molecule is CCCCCCN1C(=O)C2=C(c3ccc(N(c4ccccc4)c4ccccc4)nc3)N(CCCCCC)C(=O)C2=C1C1=CC=C(N(C2=CC=CCC2)c2ccccc2)NC1. The van der Waals surface area contributed by atoms with Crippen molar-refractivity contribution in [2.45, 2.75) is 78.1 Å². The van der Waals surface area contributed by atoms with Gasteiger partial charge in [0.05, 0.1) is 22.5 Å². The Hall–Kier alpha value is -6.41. The molecule has 1 N–H and O–H groups in total. The molecule has 4 aromatic rings. The average molecular weight is 797 g/mol. The quantitative estimate of drug-likeness (QED) is 0.101. The van der Waals surface area contributed by atoms with Crippen LogP contribution >= 0.6 is 0 Å². The Labute approximate surface area is 355 Å². The Kier molecular flexibility index (Phi) is 12.9. The number of para-hydroxylation sites is 3. The third-order valence-corrected chi connectivity index (χ3v) is 11.7. The van der Waals surface area contributed by atoms with Crippen molar-refractivity contribution in [2.24, 2.45) is 0 Å². The second-order valence-electron chi connectivity index (χ2n) is 15.8. The molecule has 306 valence electrons. The molecule has 3 aromatic carbocycles. The molecule has 0 unspecified atom stereocenters. The molecular formula is C52H56N6O2. The lowest BCUT2D eigenvalue weighted by Gasteiger charge is -2.34. The number of carbonyl (C=O) groups excluding carboxylic acids is 2. The van der Waals surface area contributed by atoms with Crippen LogP contribution in [0.15, 0.2) is 174 Å². The zero-order valence-electron chi connectivity index (χ0n) is 35.0. The number of fused-ring (bicyclic) bond motifs is 1. The highest BCUT2D eigenvalue weighted by atomic mass is 16.2. The number of amides is 2. The van der Waals surface area contributed by atoms with E-state index < -0.39 is 0 Å². The van der Waals surface area contributed by atoms with Gasteiger partial charge in [-0.15, -0.1) is 0 Å². The smallest absolute Gasteiger partial charge is 0.261 e. The molecule has 8 rings (SSSR count). The number of hydrogen-bond acceptors (Lipinski definition) is 6. The van der Waals surface area contributed by atoms with E-state index >= 15 is 0 Å². The van der Waals surface area contributed by atoms with Gasteiger partial charge in [0, 0.05) is 54.2 Å². The number of hydrogen-bond donors (Lipinski definition) is 1. The molecule has 4 heterocycles. The first-order valence-electron chi connectivity index (χ1n) is 21.9. The Morgan fingerprint density at radius 2 is 1.18 bits per heavy atom. The number of rotatable bonds is 18. The second kappa shape index (κ2) is 19.1. The minimum absolute atomic E-state index is 0.101. The normalized spacial score (nSPS) is 16.2. The van der Waals surface area contributed by atoms with Crippen LogP contribution in [0, 0.1) is 0 Å². The Balaban J connectivity index is 1.22. The number of pyridine rings is 1. The molecule has 2 amide bonds. The zero-order chi connectivity index (χ0) is 41.3. The number of dihydropyridines is 1. The molecule has 4 aliphatic rings. The maximum Gasteiger partial charge on any atom is 0.261 e. The fraction of sp³-hybridized carbons (Fsp3) is 0.288. The molecule has 1 aromatic heterocycles. The van der Waals surface area contributed by atoms with Crippen LogP contribution in [0.5, 0.6) is 0 Å². The number of carbonyl (C=O) groups is 2. The number of allylic oxidation sites excluding steroid dienone is 6. The standard InChI is InChI=1S/C52H56N6O2/c1-3-5-7-21-35-55-49(39-31-33-45(53-37-39)57(41-23-13-9-14-24-41)42-25-15-10-16-26-42)47-48(51(55)59)50(56(52(47)60)36-22-8-6-4-2)40-32-34-46(54-38-40)58(43-27-17-11-18-28-43)44-29-19-12-20-30-44/h9-19,23-29,31-34,37,54H,3-8,20-22,30,35-36,38H2,1-2H3. The third-order valence-electron chi connectivity index (χ3n) is 11.7. The third kappa shape index (κ3) is 8.37. The molecule has 8 heteroatoms. The Morgan fingerprint density at radius 1 is 0.617 bits per heavy atom. The maximum absolute atomic E-state index is 15.0. The van der Waals surface area contributed by atoms with E-state index in [1.807, 2.05) is 70.6 Å². The van der Waals surface area contributed by atoms with Crippen LogP contribution < -0.4 is 15.1 Å². The highest BCUT2D eigenvalue weighted by molar-refractivity contribution is 6.26. The van der Waals surface area contributed by atoms with Gasteiger partial charge in [-0.2, -0.15) is 0 Å². The molecule has 3 aliphatic heterocycles. The van der Waals surface area contributed by atoms with Crippen molar-refractivity contribution in [3.05, 3.63) is 179 Å². The molecule has 0 saturated carbocycles. The lowest BCUT2D eigenvalue weighted by molar-refractivity contribution is -0.124. The van der Waals surface area contributed by atoms with Gasteiger partial charge in [0.25, 0.3) is 11.8 Å². The predicted octanol–water partition coefficient (Wildman–Crippen LogP) is 11.5. The fourth-order valence-corrected chi connectivity index (χ4v) is 8.69. The minimum Gasteiger partial charge on any atom is -0.367 e. The van der Waals surface area contributed by atoms with Crippen LogP contribution in [0.25, 0.3) is 5.70 Å². The van der Waals surface area contributed by atoms with Gasteiger partial charge < -0.3 is 20.0 Å². The van der Waals surface area contributed by atoms with Crippen molar-refractivity contribution in [1.82, 2.24) is 20.1 Å². The van der Waals surface area contributed by atoms with Crippen LogP contribution in [-0.4, -0.2) is 46.2 Å². The summed E-state index contributed by atoms with van der Waals surface area (Å²) in [6.07, 6.45) is 22.6.